The number of nitrogens with one attached hydrogen (secondary N) is 1. The van der Waals surface area contributed by atoms with Crippen molar-refractivity contribution in [3.8, 4) is 11.6 Å². The molecule has 124 valence electrons. The Morgan fingerprint density at radius 2 is 2.12 bits per heavy atom. The molecule has 10 heteroatoms. The number of pyridine rings is 1. The summed E-state index contributed by atoms with van der Waals surface area (Å²) in [6, 6.07) is 0. The second-order valence-corrected chi connectivity index (χ2v) is 4.96. The van der Waals surface area contributed by atoms with Crippen molar-refractivity contribution in [2.24, 2.45) is 0 Å². The number of nitrogens with zero attached hydrogens (tertiary/aromatic N) is 4. The highest BCUT2D eigenvalue weighted by atomic mass is 16.5. The Balaban J connectivity index is 2.24. The minimum atomic E-state index is -1.58. The summed E-state index contributed by atoms with van der Waals surface area (Å²) in [5, 5.41) is 22.9. The number of carbonyl (C=O) groups is 2. The molecule has 0 aromatic carbocycles. The summed E-state index contributed by atoms with van der Waals surface area (Å²) < 4.78 is 6.49. The van der Waals surface area contributed by atoms with Crippen molar-refractivity contribution in [1.82, 2.24) is 24.7 Å². The van der Waals surface area contributed by atoms with Crippen molar-refractivity contribution in [2.75, 3.05) is 7.11 Å². The predicted molar refractivity (Wildman–Crippen MR) is 80.2 cm³/mol. The number of aromatic nitrogens is 5. The summed E-state index contributed by atoms with van der Waals surface area (Å²) >= 11 is 0. The highest BCUT2D eigenvalue weighted by Crippen LogP contribution is 2.31. The van der Waals surface area contributed by atoms with Crippen LogP contribution >= 0.6 is 0 Å². The van der Waals surface area contributed by atoms with E-state index in [9.17, 15) is 14.7 Å². The number of carbonyl (C=O) groups excluding carboxylic acids is 1. The van der Waals surface area contributed by atoms with Crippen LogP contribution in [0.25, 0.3) is 16.7 Å². The average Bonchev–Trinajstić information content (AvgIpc) is 3.20. The molecule has 0 aliphatic rings. The fraction of sp³-hybridized carbons (Fsp3) is 0.214. The Labute approximate surface area is 134 Å². The molecule has 0 spiro atoms. The van der Waals surface area contributed by atoms with Crippen LogP contribution in [-0.4, -0.2) is 53.8 Å². The van der Waals surface area contributed by atoms with Gasteiger partial charge in [-0.25, -0.2) is 19.4 Å². The van der Waals surface area contributed by atoms with Gasteiger partial charge in [-0.05, 0) is 6.92 Å². The van der Waals surface area contributed by atoms with Crippen molar-refractivity contribution < 1.29 is 24.5 Å². The van der Waals surface area contributed by atoms with Crippen LogP contribution in [0.2, 0.25) is 0 Å². The first-order valence-electron chi connectivity index (χ1n) is 6.85. The van der Waals surface area contributed by atoms with Crippen LogP contribution in [0.1, 0.15) is 29.2 Å². The molecule has 3 heterocycles. The van der Waals surface area contributed by atoms with Gasteiger partial charge in [0.15, 0.2) is 11.6 Å². The molecule has 0 saturated carbocycles. The number of hydrogen-bond donors (Lipinski definition) is 3. The molecule has 0 radical (unpaired) electrons. The summed E-state index contributed by atoms with van der Waals surface area (Å²) in [5.74, 6) is -1.91. The van der Waals surface area contributed by atoms with Crippen LogP contribution in [0.5, 0.6) is 5.75 Å². The number of ketones is 1. The molecule has 3 rings (SSSR count). The van der Waals surface area contributed by atoms with E-state index in [4.69, 9.17) is 9.84 Å². The Morgan fingerprint density at radius 1 is 1.38 bits per heavy atom. The molecule has 10 nitrogen and oxygen atoms in total. The lowest BCUT2D eigenvalue weighted by atomic mass is 10.1. The number of Topliss-reactive ketones (excluding diaryl/α,β-unsaturated/α-hetero) is 1. The molecular formula is C14H13N5O5. The monoisotopic (exact) mass is 331 g/mol. The molecule has 3 aromatic rings. The first-order valence-corrected chi connectivity index (χ1v) is 6.85. The number of H-pyrrole nitrogens is 1. The van der Waals surface area contributed by atoms with Crippen molar-refractivity contribution >= 4 is 22.7 Å². The molecule has 0 aliphatic heterocycles. The van der Waals surface area contributed by atoms with E-state index in [0.717, 1.165) is 0 Å². The van der Waals surface area contributed by atoms with Crippen LogP contribution in [0.3, 0.4) is 0 Å². The molecule has 0 bridgehead atoms. The lowest BCUT2D eigenvalue weighted by Gasteiger charge is -2.07. The Bertz CT molecular complexity index is 942. The predicted octanol–water partition coefficient (Wildman–Crippen LogP) is 0.473. The van der Waals surface area contributed by atoms with Crippen LogP contribution in [-0.2, 0) is 4.79 Å². The largest absolute Gasteiger partial charge is 0.494 e. The molecule has 24 heavy (non-hydrogen) atoms. The van der Waals surface area contributed by atoms with Gasteiger partial charge < -0.3 is 19.9 Å². The van der Waals surface area contributed by atoms with Gasteiger partial charge in [-0.15, -0.1) is 5.10 Å². The van der Waals surface area contributed by atoms with Gasteiger partial charge in [0.05, 0.1) is 29.8 Å². The van der Waals surface area contributed by atoms with E-state index in [1.165, 1.54) is 37.4 Å². The van der Waals surface area contributed by atoms with E-state index < -0.39 is 17.9 Å². The van der Waals surface area contributed by atoms with Crippen molar-refractivity contribution in [3.05, 3.63) is 30.1 Å². The van der Waals surface area contributed by atoms with Gasteiger partial charge in [0.2, 0.25) is 0 Å². The number of methoxy groups -OCH3 is 1. The van der Waals surface area contributed by atoms with Crippen LogP contribution in [0, 0.1) is 0 Å². The second kappa shape index (κ2) is 5.74. The second-order valence-electron chi connectivity index (χ2n) is 4.96. The third-order valence-corrected chi connectivity index (χ3v) is 3.41. The summed E-state index contributed by atoms with van der Waals surface area (Å²) in [6.45, 7) is 1.52. The molecule has 3 N–H and O–H groups in total. The molecule has 1 unspecified atom stereocenters. The van der Waals surface area contributed by atoms with Crippen molar-refractivity contribution in [2.45, 2.75) is 13.0 Å². The lowest BCUT2D eigenvalue weighted by Crippen LogP contribution is -2.12. The molecule has 1 atom stereocenters. The minimum absolute atomic E-state index is 0.0473. The minimum Gasteiger partial charge on any atom is -0.494 e. The summed E-state index contributed by atoms with van der Waals surface area (Å²) in [4.78, 5) is 33.9. The maximum absolute atomic E-state index is 11.9. The van der Waals surface area contributed by atoms with E-state index in [2.05, 4.69) is 20.1 Å². The van der Waals surface area contributed by atoms with Crippen LogP contribution in [0.4, 0.5) is 0 Å². The van der Waals surface area contributed by atoms with Crippen LogP contribution < -0.4 is 4.74 Å². The number of hydrogen-bond acceptors (Lipinski definition) is 7. The maximum atomic E-state index is 11.9. The first kappa shape index (κ1) is 15.6. The van der Waals surface area contributed by atoms with E-state index >= 15 is 0 Å². The number of carboxylic acid groups (broad SMARTS) is 1. The molecular weight excluding hydrogens is 318 g/mol. The molecule has 0 aliphatic carbocycles. The SMILES string of the molecule is COc1cnc(-n2cnc(C(C)O)n2)c2[nH]cc(C(=O)C(=O)O)c12. The molecule has 0 fully saturated rings. The van der Waals surface area contributed by atoms with Crippen molar-refractivity contribution in [3.63, 3.8) is 0 Å². The number of fused-ring (bicyclic) bond motifs is 1. The summed E-state index contributed by atoms with van der Waals surface area (Å²) in [5.41, 5.74) is 0.315. The van der Waals surface area contributed by atoms with Gasteiger partial charge >= 0.3 is 5.97 Å². The third kappa shape index (κ3) is 2.38. The Morgan fingerprint density at radius 3 is 2.71 bits per heavy atom. The standard InChI is InChI=1S/C14H13N5O5/c1-6(20)12-17-5-19(18-12)13-10-9(8(24-2)4-16-13)7(3-15-10)11(21)14(22)23/h3-6,15,20H,1-2H3,(H,22,23). The van der Waals surface area contributed by atoms with Gasteiger partial charge in [0.25, 0.3) is 5.78 Å². The highest BCUT2D eigenvalue weighted by Gasteiger charge is 2.24. The smallest absolute Gasteiger partial charge is 0.377 e. The number of carboxylic acids is 1. The lowest BCUT2D eigenvalue weighted by molar-refractivity contribution is -0.131. The first-order chi connectivity index (χ1) is 11.4. The average molecular weight is 331 g/mol. The number of aliphatic hydroxyl groups is 1. The summed E-state index contributed by atoms with van der Waals surface area (Å²) in [7, 11) is 1.39. The fourth-order valence-electron chi connectivity index (χ4n) is 2.30. The molecule has 0 saturated heterocycles. The maximum Gasteiger partial charge on any atom is 0.377 e. The van der Waals surface area contributed by atoms with Gasteiger partial charge in [0, 0.05) is 6.20 Å². The summed E-state index contributed by atoms with van der Waals surface area (Å²) in [6.07, 6.45) is 3.14. The van der Waals surface area contributed by atoms with E-state index in [1.807, 2.05) is 0 Å². The van der Waals surface area contributed by atoms with Crippen molar-refractivity contribution in [1.29, 1.82) is 0 Å². The number of aliphatic hydroxyl groups excluding tert-OH is 1. The van der Waals surface area contributed by atoms with Gasteiger partial charge in [0.1, 0.15) is 18.2 Å². The Hall–Kier alpha value is -3.27. The van der Waals surface area contributed by atoms with Gasteiger partial charge in [-0.2, -0.15) is 0 Å². The third-order valence-electron chi connectivity index (χ3n) is 3.41. The van der Waals surface area contributed by atoms with E-state index in [1.54, 1.807) is 0 Å². The van der Waals surface area contributed by atoms with E-state index in [-0.39, 0.29) is 28.3 Å². The quantitative estimate of drug-likeness (QED) is 0.452. The highest BCUT2D eigenvalue weighted by molar-refractivity contribution is 6.42. The van der Waals surface area contributed by atoms with E-state index in [0.29, 0.717) is 5.52 Å². The van der Waals surface area contributed by atoms with Crippen LogP contribution in [0.15, 0.2) is 18.7 Å². The topological polar surface area (TPSA) is 143 Å². The molecule has 3 aromatic heterocycles. The zero-order chi connectivity index (χ0) is 17.4. The molecule has 0 amide bonds. The zero-order valence-corrected chi connectivity index (χ0v) is 12.7. The number of ether oxygens (including phenoxy) is 1. The van der Waals surface area contributed by atoms with Gasteiger partial charge in [-0.3, -0.25) is 4.79 Å². The number of rotatable bonds is 5. The Kier molecular flexibility index (Phi) is 3.73. The number of aromatic amines is 1. The normalized spacial score (nSPS) is 12.3. The fourth-order valence-corrected chi connectivity index (χ4v) is 2.30. The van der Waals surface area contributed by atoms with Gasteiger partial charge in [-0.1, -0.05) is 0 Å². The zero-order valence-electron chi connectivity index (χ0n) is 12.7. The number of aliphatic carboxylic acids is 1.